The van der Waals surface area contributed by atoms with Gasteiger partial charge in [-0.05, 0) is 73.4 Å². The monoisotopic (exact) mass is 544 g/mol. The number of fused-ring (bicyclic) bond motifs is 1. The second-order valence-electron chi connectivity index (χ2n) is 10.3. The second kappa shape index (κ2) is 9.82. The highest BCUT2D eigenvalue weighted by atomic mass is 35.5. The molecule has 3 amide bonds. The minimum atomic E-state index is -1.41. The summed E-state index contributed by atoms with van der Waals surface area (Å²) < 4.78 is 0. The third kappa shape index (κ3) is 4.25. The van der Waals surface area contributed by atoms with E-state index in [1.54, 1.807) is 18.2 Å². The maximum absolute atomic E-state index is 14.2. The zero-order valence-electron chi connectivity index (χ0n) is 20.3. The van der Waals surface area contributed by atoms with E-state index in [1.165, 1.54) is 4.90 Å². The number of carboxylic acid groups (broad SMARTS) is 1. The van der Waals surface area contributed by atoms with Crippen molar-refractivity contribution in [3.8, 4) is 0 Å². The van der Waals surface area contributed by atoms with Crippen molar-refractivity contribution in [1.82, 2.24) is 10.2 Å². The highest BCUT2D eigenvalue weighted by molar-refractivity contribution is 6.31. The Morgan fingerprint density at radius 2 is 1.81 bits per heavy atom. The van der Waals surface area contributed by atoms with Crippen LogP contribution in [0, 0.1) is 5.92 Å². The minimum absolute atomic E-state index is 0.172. The van der Waals surface area contributed by atoms with Crippen LogP contribution in [0.3, 0.4) is 0 Å². The van der Waals surface area contributed by atoms with Crippen molar-refractivity contribution in [1.29, 1.82) is 0 Å². The van der Waals surface area contributed by atoms with Gasteiger partial charge in [-0.1, -0.05) is 47.8 Å². The van der Waals surface area contributed by atoms with Gasteiger partial charge < -0.3 is 21.1 Å². The molecule has 0 bridgehead atoms. The summed E-state index contributed by atoms with van der Waals surface area (Å²) in [7, 11) is 0. The Labute approximate surface area is 225 Å². The van der Waals surface area contributed by atoms with E-state index in [2.05, 4.69) is 10.6 Å². The second-order valence-corrected chi connectivity index (χ2v) is 11.2. The van der Waals surface area contributed by atoms with Gasteiger partial charge in [-0.2, -0.15) is 0 Å². The first-order valence-electron chi connectivity index (χ1n) is 12.6. The molecule has 2 aromatic carbocycles. The predicted octanol–water partition coefficient (Wildman–Crippen LogP) is 4.18. The number of carbonyl (C=O) groups excluding carboxylic acids is 2. The smallest absolute Gasteiger partial charge is 0.407 e. The molecular formula is C27H30Cl2N4O4. The maximum atomic E-state index is 14.2. The van der Waals surface area contributed by atoms with Gasteiger partial charge in [0.25, 0.3) is 0 Å². The highest BCUT2D eigenvalue weighted by Crippen LogP contribution is 2.55. The first-order valence-corrected chi connectivity index (χ1v) is 13.3. The van der Waals surface area contributed by atoms with Crippen LogP contribution in [0.15, 0.2) is 42.5 Å². The molecule has 5 rings (SSSR count). The van der Waals surface area contributed by atoms with E-state index in [0.29, 0.717) is 47.2 Å². The first kappa shape index (κ1) is 25.8. The highest BCUT2D eigenvalue weighted by Gasteiger charge is 2.68. The van der Waals surface area contributed by atoms with Crippen LogP contribution in [-0.2, 0) is 21.4 Å². The predicted molar refractivity (Wildman–Crippen MR) is 142 cm³/mol. The molecule has 10 heteroatoms. The molecule has 196 valence electrons. The average Bonchev–Trinajstić information content (AvgIpc) is 3.08. The molecule has 0 aromatic heterocycles. The molecule has 2 atom stereocenters. The molecule has 5 N–H and O–H groups in total. The largest absolute Gasteiger partial charge is 0.465 e. The van der Waals surface area contributed by atoms with Gasteiger partial charge in [-0.3, -0.25) is 14.9 Å². The van der Waals surface area contributed by atoms with Crippen LogP contribution >= 0.6 is 23.2 Å². The lowest BCUT2D eigenvalue weighted by Gasteiger charge is -2.55. The molecular weight excluding hydrogens is 515 g/mol. The van der Waals surface area contributed by atoms with Crippen molar-refractivity contribution in [3.63, 3.8) is 0 Å². The van der Waals surface area contributed by atoms with Gasteiger partial charge in [-0.25, -0.2) is 4.79 Å². The zero-order chi connectivity index (χ0) is 26.4. The molecule has 3 aliphatic rings. The fourth-order valence-corrected chi connectivity index (χ4v) is 6.84. The SMILES string of the molecule is NC(=O)C(NC1CCN(C(=O)O)CC1)(C1CCC1)C1(Cc2cccc(Cl)c2)C(=O)Nc2cc(Cl)ccc21. The van der Waals surface area contributed by atoms with Gasteiger partial charge in [0.15, 0.2) is 0 Å². The number of primary amides is 1. The fraction of sp³-hybridized carbons (Fsp3) is 0.444. The summed E-state index contributed by atoms with van der Waals surface area (Å²) in [6.45, 7) is 0.679. The number of likely N-dealkylation sites (tertiary alicyclic amines) is 1. The summed E-state index contributed by atoms with van der Waals surface area (Å²) in [6, 6.07) is 12.3. The number of hydrogen-bond acceptors (Lipinski definition) is 4. The van der Waals surface area contributed by atoms with Crippen LogP contribution in [0.1, 0.15) is 43.2 Å². The van der Waals surface area contributed by atoms with Crippen molar-refractivity contribution < 1.29 is 19.5 Å². The van der Waals surface area contributed by atoms with E-state index in [1.807, 2.05) is 24.3 Å². The number of amides is 3. The molecule has 37 heavy (non-hydrogen) atoms. The maximum Gasteiger partial charge on any atom is 0.407 e. The molecule has 1 saturated heterocycles. The van der Waals surface area contributed by atoms with Crippen molar-refractivity contribution in [2.45, 2.75) is 55.5 Å². The van der Waals surface area contributed by atoms with E-state index >= 15 is 0 Å². The summed E-state index contributed by atoms with van der Waals surface area (Å²) in [4.78, 5) is 40.9. The Bertz CT molecular complexity index is 1240. The molecule has 2 aliphatic heterocycles. The topological polar surface area (TPSA) is 125 Å². The van der Waals surface area contributed by atoms with Crippen molar-refractivity contribution >= 4 is 46.8 Å². The van der Waals surface area contributed by atoms with E-state index in [0.717, 1.165) is 24.8 Å². The molecule has 2 unspecified atom stereocenters. The number of piperidine rings is 1. The number of carbonyl (C=O) groups is 3. The molecule has 2 fully saturated rings. The Kier molecular flexibility index (Phi) is 6.85. The summed E-state index contributed by atoms with van der Waals surface area (Å²) in [5.41, 5.74) is 5.60. The van der Waals surface area contributed by atoms with Crippen LogP contribution in [0.5, 0.6) is 0 Å². The molecule has 2 aromatic rings. The Hall–Kier alpha value is -2.81. The fourth-order valence-electron chi connectivity index (χ4n) is 6.45. The molecule has 1 aliphatic carbocycles. The van der Waals surface area contributed by atoms with E-state index in [4.69, 9.17) is 28.9 Å². The van der Waals surface area contributed by atoms with Crippen molar-refractivity contribution in [3.05, 3.63) is 63.6 Å². The molecule has 0 spiro atoms. The van der Waals surface area contributed by atoms with Gasteiger partial charge in [-0.15, -0.1) is 0 Å². The molecule has 1 saturated carbocycles. The Balaban J connectivity index is 1.67. The number of nitrogens with one attached hydrogen (secondary N) is 2. The van der Waals surface area contributed by atoms with E-state index < -0.39 is 23.0 Å². The van der Waals surface area contributed by atoms with E-state index in [9.17, 15) is 19.5 Å². The number of benzene rings is 2. The molecule has 0 radical (unpaired) electrons. The van der Waals surface area contributed by atoms with Crippen LogP contribution in [0.4, 0.5) is 10.5 Å². The summed E-state index contributed by atoms with van der Waals surface area (Å²) in [6.07, 6.45) is 2.69. The molecule has 2 heterocycles. The van der Waals surface area contributed by atoms with Gasteiger partial charge in [0.2, 0.25) is 11.8 Å². The van der Waals surface area contributed by atoms with Crippen molar-refractivity contribution in [2.24, 2.45) is 11.7 Å². The van der Waals surface area contributed by atoms with Gasteiger partial charge >= 0.3 is 6.09 Å². The van der Waals surface area contributed by atoms with Crippen LogP contribution in [0.2, 0.25) is 10.0 Å². The summed E-state index contributed by atoms with van der Waals surface area (Å²) in [5, 5.41) is 17.0. The zero-order valence-corrected chi connectivity index (χ0v) is 21.8. The normalized spacial score (nSPS) is 23.6. The van der Waals surface area contributed by atoms with Crippen LogP contribution < -0.4 is 16.4 Å². The van der Waals surface area contributed by atoms with Crippen LogP contribution in [-0.4, -0.2) is 52.6 Å². The minimum Gasteiger partial charge on any atom is -0.465 e. The summed E-state index contributed by atoms with van der Waals surface area (Å²) >= 11 is 12.6. The van der Waals surface area contributed by atoms with Gasteiger partial charge in [0.05, 0.1) is 0 Å². The lowest BCUT2D eigenvalue weighted by atomic mass is 9.53. The summed E-state index contributed by atoms with van der Waals surface area (Å²) in [5.74, 6) is -1.07. The van der Waals surface area contributed by atoms with Crippen LogP contribution in [0.25, 0.3) is 0 Å². The number of nitrogens with two attached hydrogens (primary N) is 1. The van der Waals surface area contributed by atoms with Gasteiger partial charge in [0.1, 0.15) is 11.0 Å². The number of halogens is 2. The molecule has 8 nitrogen and oxygen atoms in total. The van der Waals surface area contributed by atoms with Gasteiger partial charge in [0, 0.05) is 34.9 Å². The lowest BCUT2D eigenvalue weighted by molar-refractivity contribution is -0.142. The van der Waals surface area contributed by atoms with Crippen molar-refractivity contribution in [2.75, 3.05) is 18.4 Å². The number of nitrogens with zero attached hydrogens (tertiary/aromatic N) is 1. The quantitative estimate of drug-likeness (QED) is 0.416. The number of rotatable bonds is 7. The third-order valence-corrected chi connectivity index (χ3v) is 8.88. The Morgan fingerprint density at radius 3 is 2.41 bits per heavy atom. The number of anilines is 1. The van der Waals surface area contributed by atoms with E-state index in [-0.39, 0.29) is 24.3 Å². The lowest BCUT2D eigenvalue weighted by Crippen LogP contribution is -2.76. The average molecular weight is 545 g/mol. The first-order chi connectivity index (χ1) is 17.7. The third-order valence-electron chi connectivity index (χ3n) is 8.41. The number of hydrogen-bond donors (Lipinski definition) is 4. The standard InChI is InChI=1S/C27H30Cl2N4O4/c28-18-6-1-3-16(13-18)15-26(21-8-7-19(29)14-22(21)31-24(26)35)27(23(30)34,17-4-2-5-17)32-20-9-11-33(12-10-20)25(36)37/h1,3,6-8,13-14,17,20,32H,2,4-5,9-12,15H2,(H2,30,34)(H,31,35)(H,36,37). The Morgan fingerprint density at radius 1 is 1.11 bits per heavy atom.